The van der Waals surface area contributed by atoms with E-state index in [9.17, 15) is 10.1 Å². The molecule has 6 nitrogen and oxygen atoms in total. The number of rotatable bonds is 4. The number of hydrogen-bond acceptors (Lipinski definition) is 6. The molecule has 0 unspecified atom stereocenters. The van der Waals surface area contributed by atoms with Gasteiger partial charge in [0.15, 0.2) is 5.16 Å². The normalized spacial score (nSPS) is 10.4. The summed E-state index contributed by atoms with van der Waals surface area (Å²) in [4.78, 5) is 19.2. The standard InChI is InChI=1S/C12H11N3O3S/c1-8-5-13-12(14-6-8)19-11-3-2-9(7-16)4-10(11)15(17)18/h2-6,16H,7H2,1H3. The van der Waals surface area contributed by atoms with Crippen LogP contribution in [-0.2, 0) is 6.61 Å². The van der Waals surface area contributed by atoms with Crippen molar-refractivity contribution in [2.75, 3.05) is 0 Å². The molecule has 1 aromatic carbocycles. The van der Waals surface area contributed by atoms with Crippen molar-refractivity contribution in [2.24, 2.45) is 0 Å². The maximum absolute atomic E-state index is 11.0. The molecular weight excluding hydrogens is 266 g/mol. The molecule has 0 atom stereocenters. The number of aliphatic hydroxyl groups excluding tert-OH is 1. The number of aliphatic hydroxyl groups is 1. The summed E-state index contributed by atoms with van der Waals surface area (Å²) in [6, 6.07) is 4.59. The van der Waals surface area contributed by atoms with E-state index in [-0.39, 0.29) is 12.3 Å². The van der Waals surface area contributed by atoms with E-state index >= 15 is 0 Å². The molecule has 0 fully saturated rings. The van der Waals surface area contributed by atoms with Gasteiger partial charge in [-0.25, -0.2) is 9.97 Å². The zero-order valence-electron chi connectivity index (χ0n) is 10.1. The largest absolute Gasteiger partial charge is 0.392 e. The van der Waals surface area contributed by atoms with Gasteiger partial charge in [-0.2, -0.15) is 0 Å². The van der Waals surface area contributed by atoms with Crippen molar-refractivity contribution in [3.8, 4) is 0 Å². The average molecular weight is 277 g/mol. The molecule has 98 valence electrons. The Bertz CT molecular complexity index is 602. The number of aromatic nitrogens is 2. The summed E-state index contributed by atoms with van der Waals surface area (Å²) in [7, 11) is 0. The summed E-state index contributed by atoms with van der Waals surface area (Å²) < 4.78 is 0. The minimum absolute atomic E-state index is 0.0549. The third-order valence-electron chi connectivity index (χ3n) is 2.36. The van der Waals surface area contributed by atoms with Crippen molar-refractivity contribution in [3.05, 3.63) is 51.8 Å². The highest BCUT2D eigenvalue weighted by atomic mass is 32.2. The molecular formula is C12H11N3O3S. The Balaban J connectivity index is 2.33. The molecule has 0 aliphatic heterocycles. The van der Waals surface area contributed by atoms with E-state index in [1.165, 1.54) is 6.07 Å². The van der Waals surface area contributed by atoms with Crippen LogP contribution in [0.15, 0.2) is 40.6 Å². The monoisotopic (exact) mass is 277 g/mol. The van der Waals surface area contributed by atoms with Crippen LogP contribution in [0.3, 0.4) is 0 Å². The Morgan fingerprint density at radius 3 is 2.63 bits per heavy atom. The number of nitro benzene ring substituents is 1. The van der Waals surface area contributed by atoms with Crippen molar-refractivity contribution >= 4 is 17.4 Å². The van der Waals surface area contributed by atoms with Crippen LogP contribution in [0.25, 0.3) is 0 Å². The molecule has 0 amide bonds. The first-order valence-corrected chi connectivity index (χ1v) is 6.26. The maximum atomic E-state index is 11.0. The highest BCUT2D eigenvalue weighted by Crippen LogP contribution is 2.33. The second kappa shape index (κ2) is 5.77. The van der Waals surface area contributed by atoms with E-state index < -0.39 is 4.92 Å². The number of benzene rings is 1. The Morgan fingerprint density at radius 2 is 2.05 bits per heavy atom. The minimum Gasteiger partial charge on any atom is -0.392 e. The minimum atomic E-state index is -0.477. The quantitative estimate of drug-likeness (QED) is 0.524. The summed E-state index contributed by atoms with van der Waals surface area (Å²) >= 11 is 1.12. The van der Waals surface area contributed by atoms with E-state index in [2.05, 4.69) is 9.97 Å². The molecule has 0 saturated heterocycles. The van der Waals surface area contributed by atoms with Gasteiger partial charge in [0, 0.05) is 18.5 Å². The van der Waals surface area contributed by atoms with Crippen LogP contribution < -0.4 is 0 Å². The van der Waals surface area contributed by atoms with E-state index in [0.717, 1.165) is 17.3 Å². The second-order valence-electron chi connectivity index (χ2n) is 3.86. The number of nitrogens with zero attached hydrogens (tertiary/aromatic N) is 3. The van der Waals surface area contributed by atoms with Gasteiger partial charge in [0.05, 0.1) is 16.4 Å². The lowest BCUT2D eigenvalue weighted by Gasteiger charge is -2.03. The van der Waals surface area contributed by atoms with E-state index in [4.69, 9.17) is 5.11 Å². The van der Waals surface area contributed by atoms with Crippen LogP contribution in [-0.4, -0.2) is 20.0 Å². The fourth-order valence-corrected chi connectivity index (χ4v) is 2.20. The molecule has 0 aliphatic carbocycles. The molecule has 2 rings (SSSR count). The van der Waals surface area contributed by atoms with Gasteiger partial charge in [-0.3, -0.25) is 10.1 Å². The second-order valence-corrected chi connectivity index (χ2v) is 4.87. The predicted molar refractivity (Wildman–Crippen MR) is 69.9 cm³/mol. The van der Waals surface area contributed by atoms with Gasteiger partial charge in [0.25, 0.3) is 5.69 Å². The van der Waals surface area contributed by atoms with Crippen LogP contribution in [0.2, 0.25) is 0 Å². The predicted octanol–water partition coefficient (Wildman–Crippen LogP) is 2.34. The van der Waals surface area contributed by atoms with Gasteiger partial charge in [-0.1, -0.05) is 6.07 Å². The van der Waals surface area contributed by atoms with E-state index in [0.29, 0.717) is 15.6 Å². The summed E-state index contributed by atoms with van der Waals surface area (Å²) in [5, 5.41) is 20.5. The van der Waals surface area contributed by atoms with Crippen molar-refractivity contribution < 1.29 is 10.0 Å². The maximum Gasteiger partial charge on any atom is 0.283 e. The van der Waals surface area contributed by atoms with Gasteiger partial charge in [-0.15, -0.1) is 0 Å². The van der Waals surface area contributed by atoms with Crippen molar-refractivity contribution in [1.82, 2.24) is 9.97 Å². The highest BCUT2D eigenvalue weighted by Gasteiger charge is 2.16. The Labute approximate surface area is 113 Å². The number of hydrogen-bond donors (Lipinski definition) is 1. The van der Waals surface area contributed by atoms with E-state index in [1.807, 2.05) is 6.92 Å². The van der Waals surface area contributed by atoms with Crippen LogP contribution in [0, 0.1) is 17.0 Å². The first kappa shape index (κ1) is 13.4. The lowest BCUT2D eigenvalue weighted by Crippen LogP contribution is -1.94. The SMILES string of the molecule is Cc1cnc(Sc2ccc(CO)cc2[N+](=O)[O-])nc1. The van der Waals surface area contributed by atoms with Crippen molar-refractivity contribution in [1.29, 1.82) is 0 Å². The average Bonchev–Trinajstić information content (AvgIpc) is 2.41. The molecule has 0 radical (unpaired) electrons. The summed E-state index contributed by atoms with van der Waals surface area (Å²) in [6.07, 6.45) is 3.31. The summed E-state index contributed by atoms with van der Waals surface area (Å²) in [6.45, 7) is 1.64. The molecule has 1 N–H and O–H groups in total. The third-order valence-corrected chi connectivity index (χ3v) is 3.32. The van der Waals surface area contributed by atoms with Gasteiger partial charge in [0.2, 0.25) is 0 Å². The van der Waals surface area contributed by atoms with Crippen LogP contribution in [0.5, 0.6) is 0 Å². The fraction of sp³-hybridized carbons (Fsp3) is 0.167. The van der Waals surface area contributed by atoms with Gasteiger partial charge >= 0.3 is 0 Å². The molecule has 0 saturated carbocycles. The first-order valence-electron chi connectivity index (χ1n) is 5.45. The fourth-order valence-electron chi connectivity index (χ4n) is 1.42. The van der Waals surface area contributed by atoms with Gasteiger partial charge in [-0.05, 0) is 35.9 Å². The van der Waals surface area contributed by atoms with Crippen molar-refractivity contribution in [3.63, 3.8) is 0 Å². The highest BCUT2D eigenvalue weighted by molar-refractivity contribution is 7.99. The smallest absolute Gasteiger partial charge is 0.283 e. The number of nitro groups is 1. The zero-order chi connectivity index (χ0) is 13.8. The van der Waals surface area contributed by atoms with Gasteiger partial charge in [0.1, 0.15) is 0 Å². The lowest BCUT2D eigenvalue weighted by molar-refractivity contribution is -0.387. The molecule has 2 aromatic rings. The lowest BCUT2D eigenvalue weighted by atomic mass is 10.2. The molecule has 0 spiro atoms. The molecule has 1 aromatic heterocycles. The van der Waals surface area contributed by atoms with Crippen molar-refractivity contribution in [2.45, 2.75) is 23.6 Å². The Morgan fingerprint density at radius 1 is 1.37 bits per heavy atom. The Hall–Kier alpha value is -1.99. The third kappa shape index (κ3) is 3.27. The van der Waals surface area contributed by atoms with Gasteiger partial charge < -0.3 is 5.11 Å². The molecule has 7 heteroatoms. The molecule has 0 aliphatic rings. The van der Waals surface area contributed by atoms with Crippen LogP contribution >= 0.6 is 11.8 Å². The van der Waals surface area contributed by atoms with E-state index in [1.54, 1.807) is 24.5 Å². The summed E-state index contributed by atoms with van der Waals surface area (Å²) in [5.74, 6) is 0. The first-order chi connectivity index (χ1) is 9.10. The molecule has 0 bridgehead atoms. The Kier molecular flexibility index (Phi) is 4.08. The topological polar surface area (TPSA) is 89.2 Å². The molecule has 19 heavy (non-hydrogen) atoms. The van der Waals surface area contributed by atoms with Crippen LogP contribution in [0.4, 0.5) is 5.69 Å². The zero-order valence-corrected chi connectivity index (χ0v) is 10.9. The number of aryl methyl sites for hydroxylation is 1. The van der Waals surface area contributed by atoms with Crippen LogP contribution in [0.1, 0.15) is 11.1 Å². The molecule has 1 heterocycles. The summed E-state index contributed by atoms with van der Waals surface area (Å²) in [5.41, 5.74) is 1.37.